The molecule has 2 rings (SSSR count). The van der Waals surface area contributed by atoms with Crippen LogP contribution >= 0.6 is 24.0 Å². The van der Waals surface area contributed by atoms with Crippen LogP contribution in [0.4, 0.5) is 0 Å². The van der Waals surface area contributed by atoms with Gasteiger partial charge in [0.05, 0.1) is 11.5 Å². The Bertz CT molecular complexity index is 657. The summed E-state index contributed by atoms with van der Waals surface area (Å²) in [5, 5.41) is 11.3. The highest BCUT2D eigenvalue weighted by molar-refractivity contribution is 8.26. The number of benzene rings is 1. The number of carbonyl (C=O) groups excluding carboxylic acids is 1. The third kappa shape index (κ3) is 3.99. The second-order valence-corrected chi connectivity index (χ2v) is 5.86. The number of carbonyl (C=O) groups is 2. The van der Waals surface area contributed by atoms with Gasteiger partial charge in [0, 0.05) is 5.56 Å². The van der Waals surface area contributed by atoms with Gasteiger partial charge >= 0.3 is 5.97 Å². The van der Waals surface area contributed by atoms with Crippen LogP contribution in [0.3, 0.4) is 0 Å². The quantitative estimate of drug-likeness (QED) is 0.606. The highest BCUT2D eigenvalue weighted by Gasteiger charge is 2.23. The predicted octanol–water partition coefficient (Wildman–Crippen LogP) is 2.04. The minimum Gasteiger partial charge on any atom is -0.490 e. The lowest BCUT2D eigenvalue weighted by Gasteiger charge is -2.13. The highest BCUT2D eigenvalue weighted by Crippen LogP contribution is 2.35. The molecule has 116 valence electrons. The predicted molar refractivity (Wildman–Crippen MR) is 87.1 cm³/mol. The molecule has 8 heteroatoms. The van der Waals surface area contributed by atoms with Gasteiger partial charge in [0.1, 0.15) is 4.32 Å². The SMILES string of the molecule is CCOc1cccc(C=C2SC(=S)NC2=O)c1OCC(=O)O. The number of carboxylic acids is 1. The Kier molecular flexibility index (Phi) is 5.40. The molecule has 1 aliphatic rings. The Morgan fingerprint density at radius 3 is 2.82 bits per heavy atom. The number of thiocarbonyl (C=S) groups is 1. The van der Waals surface area contributed by atoms with Crippen LogP contribution in [0.25, 0.3) is 6.08 Å². The van der Waals surface area contributed by atoms with Crippen molar-refractivity contribution in [2.45, 2.75) is 6.92 Å². The van der Waals surface area contributed by atoms with Gasteiger partial charge in [-0.1, -0.05) is 36.1 Å². The van der Waals surface area contributed by atoms with Crippen LogP contribution in [0.5, 0.6) is 11.5 Å². The number of para-hydroxylation sites is 1. The van der Waals surface area contributed by atoms with Crippen molar-refractivity contribution in [2.75, 3.05) is 13.2 Å². The summed E-state index contributed by atoms with van der Waals surface area (Å²) in [5.41, 5.74) is 0.551. The summed E-state index contributed by atoms with van der Waals surface area (Å²) < 4.78 is 11.1. The molecule has 0 saturated carbocycles. The first-order chi connectivity index (χ1) is 10.5. The van der Waals surface area contributed by atoms with Gasteiger partial charge in [-0.15, -0.1) is 0 Å². The summed E-state index contributed by atoms with van der Waals surface area (Å²) >= 11 is 6.07. The molecule has 1 saturated heterocycles. The van der Waals surface area contributed by atoms with E-state index < -0.39 is 12.6 Å². The van der Waals surface area contributed by atoms with Gasteiger partial charge in [-0.25, -0.2) is 4.79 Å². The van der Waals surface area contributed by atoms with Crippen molar-refractivity contribution in [3.8, 4) is 11.5 Å². The van der Waals surface area contributed by atoms with E-state index in [-0.39, 0.29) is 11.7 Å². The first kappa shape index (κ1) is 16.3. The van der Waals surface area contributed by atoms with E-state index in [1.54, 1.807) is 24.3 Å². The lowest BCUT2D eigenvalue weighted by Crippen LogP contribution is -2.17. The molecule has 1 amide bonds. The Balaban J connectivity index is 2.38. The van der Waals surface area contributed by atoms with Gasteiger partial charge < -0.3 is 19.9 Å². The van der Waals surface area contributed by atoms with Crippen molar-refractivity contribution < 1.29 is 24.2 Å². The number of rotatable bonds is 6. The summed E-state index contributed by atoms with van der Waals surface area (Å²) in [6.07, 6.45) is 1.60. The molecule has 0 unspecified atom stereocenters. The van der Waals surface area contributed by atoms with E-state index in [4.69, 9.17) is 26.8 Å². The van der Waals surface area contributed by atoms with E-state index in [0.717, 1.165) is 11.8 Å². The normalized spacial score (nSPS) is 15.8. The molecule has 0 aliphatic carbocycles. The first-order valence-electron chi connectivity index (χ1n) is 6.36. The topological polar surface area (TPSA) is 84.9 Å². The third-order valence-corrected chi connectivity index (χ3v) is 3.74. The molecule has 2 N–H and O–H groups in total. The Morgan fingerprint density at radius 2 is 2.23 bits per heavy atom. The fourth-order valence-electron chi connectivity index (χ4n) is 1.77. The molecule has 0 atom stereocenters. The zero-order valence-electron chi connectivity index (χ0n) is 11.6. The summed E-state index contributed by atoms with van der Waals surface area (Å²) in [6.45, 7) is 1.71. The number of hydrogen-bond donors (Lipinski definition) is 2. The molecule has 6 nitrogen and oxygen atoms in total. The maximum absolute atomic E-state index is 11.7. The monoisotopic (exact) mass is 339 g/mol. The molecule has 0 bridgehead atoms. The number of thioether (sulfide) groups is 1. The van der Waals surface area contributed by atoms with Crippen LogP contribution in [-0.4, -0.2) is 34.5 Å². The number of aliphatic carboxylic acids is 1. The van der Waals surface area contributed by atoms with Crippen molar-refractivity contribution >= 4 is 46.3 Å². The van der Waals surface area contributed by atoms with Crippen molar-refractivity contribution in [3.63, 3.8) is 0 Å². The minimum atomic E-state index is -1.10. The number of ether oxygens (including phenoxy) is 2. The van der Waals surface area contributed by atoms with E-state index in [1.165, 1.54) is 0 Å². The van der Waals surface area contributed by atoms with Crippen LogP contribution in [0.2, 0.25) is 0 Å². The van der Waals surface area contributed by atoms with Crippen LogP contribution in [-0.2, 0) is 9.59 Å². The van der Waals surface area contributed by atoms with Crippen LogP contribution in [0, 0.1) is 0 Å². The summed E-state index contributed by atoms with van der Waals surface area (Å²) in [5.74, 6) is -0.686. The van der Waals surface area contributed by atoms with Crippen molar-refractivity contribution in [2.24, 2.45) is 0 Å². The minimum absolute atomic E-state index is 0.283. The maximum atomic E-state index is 11.7. The molecule has 1 aromatic carbocycles. The van der Waals surface area contributed by atoms with Gasteiger partial charge in [0.2, 0.25) is 0 Å². The van der Waals surface area contributed by atoms with E-state index in [1.807, 2.05) is 6.92 Å². The molecular weight excluding hydrogens is 326 g/mol. The van der Waals surface area contributed by atoms with Crippen molar-refractivity contribution in [1.82, 2.24) is 5.32 Å². The van der Waals surface area contributed by atoms with Gasteiger partial charge in [0.25, 0.3) is 5.91 Å². The number of nitrogens with one attached hydrogen (secondary N) is 1. The zero-order chi connectivity index (χ0) is 16.1. The molecule has 1 heterocycles. The largest absolute Gasteiger partial charge is 0.490 e. The average molecular weight is 339 g/mol. The number of amides is 1. The molecular formula is C14H13NO5S2. The lowest BCUT2D eigenvalue weighted by atomic mass is 10.1. The van der Waals surface area contributed by atoms with E-state index in [0.29, 0.717) is 27.1 Å². The Morgan fingerprint density at radius 1 is 1.45 bits per heavy atom. The molecule has 0 aromatic heterocycles. The Labute approximate surface area is 136 Å². The maximum Gasteiger partial charge on any atom is 0.341 e. The van der Waals surface area contributed by atoms with Crippen LogP contribution in [0.15, 0.2) is 23.1 Å². The van der Waals surface area contributed by atoms with E-state index in [2.05, 4.69) is 5.32 Å². The fraction of sp³-hybridized carbons (Fsp3) is 0.214. The zero-order valence-corrected chi connectivity index (χ0v) is 13.3. The second-order valence-electron chi connectivity index (χ2n) is 4.14. The molecule has 1 aliphatic heterocycles. The summed E-state index contributed by atoms with van der Waals surface area (Å²) in [7, 11) is 0. The van der Waals surface area contributed by atoms with Gasteiger partial charge in [-0.3, -0.25) is 4.79 Å². The first-order valence-corrected chi connectivity index (χ1v) is 7.59. The van der Waals surface area contributed by atoms with Crippen LogP contribution in [0.1, 0.15) is 12.5 Å². The van der Waals surface area contributed by atoms with Gasteiger partial charge in [-0.2, -0.15) is 0 Å². The van der Waals surface area contributed by atoms with Gasteiger partial charge in [-0.05, 0) is 19.1 Å². The van der Waals surface area contributed by atoms with Crippen molar-refractivity contribution in [3.05, 3.63) is 28.7 Å². The summed E-state index contributed by atoms with van der Waals surface area (Å²) in [4.78, 5) is 22.9. The number of hydrogen-bond acceptors (Lipinski definition) is 6. The Hall–Kier alpha value is -2.06. The third-order valence-electron chi connectivity index (χ3n) is 2.58. The smallest absolute Gasteiger partial charge is 0.341 e. The molecule has 1 aromatic rings. The molecule has 1 fully saturated rings. The fourth-order valence-corrected chi connectivity index (χ4v) is 2.80. The number of carboxylic acid groups (broad SMARTS) is 1. The van der Waals surface area contributed by atoms with Crippen LogP contribution < -0.4 is 14.8 Å². The molecule has 22 heavy (non-hydrogen) atoms. The highest BCUT2D eigenvalue weighted by atomic mass is 32.2. The van der Waals surface area contributed by atoms with Gasteiger partial charge in [0.15, 0.2) is 18.1 Å². The molecule has 0 radical (unpaired) electrons. The average Bonchev–Trinajstić information content (AvgIpc) is 2.76. The standard InChI is InChI=1S/C14H13NO5S2/c1-2-19-9-5-3-4-8(12(9)20-7-11(16)17)6-10-13(18)15-14(21)22-10/h3-6H,2,7H2,1H3,(H,16,17)(H,15,18,21). The molecule has 0 spiro atoms. The van der Waals surface area contributed by atoms with E-state index in [9.17, 15) is 9.59 Å². The second kappa shape index (κ2) is 7.28. The van der Waals surface area contributed by atoms with Crippen molar-refractivity contribution in [1.29, 1.82) is 0 Å². The lowest BCUT2D eigenvalue weighted by molar-refractivity contribution is -0.139. The summed E-state index contributed by atoms with van der Waals surface area (Å²) in [6, 6.07) is 5.12. The van der Waals surface area contributed by atoms with E-state index >= 15 is 0 Å².